The summed E-state index contributed by atoms with van der Waals surface area (Å²) in [6, 6.07) is 6.18. The topological polar surface area (TPSA) is 83.0 Å². The van der Waals surface area contributed by atoms with E-state index in [0.717, 1.165) is 11.8 Å². The van der Waals surface area contributed by atoms with Gasteiger partial charge in [-0.2, -0.15) is 4.98 Å². The molecule has 0 bridgehead atoms. The Hall–Kier alpha value is -2.15. The first-order valence-electron chi connectivity index (χ1n) is 5.69. The molecule has 0 aliphatic carbocycles. The zero-order valence-corrected chi connectivity index (χ0v) is 11.3. The van der Waals surface area contributed by atoms with Crippen LogP contribution in [0.4, 0.5) is 4.39 Å². The lowest BCUT2D eigenvalue weighted by molar-refractivity contribution is 0.0690. The Balaban J connectivity index is 2.32. The molecule has 0 atom stereocenters. The Labute approximate surface area is 117 Å². The number of hydrogen-bond donors (Lipinski definition) is 2. The molecule has 0 saturated heterocycles. The van der Waals surface area contributed by atoms with Crippen LogP contribution in [0.3, 0.4) is 0 Å². The summed E-state index contributed by atoms with van der Waals surface area (Å²) in [6.07, 6.45) is 0. The highest BCUT2D eigenvalue weighted by molar-refractivity contribution is 7.98. The summed E-state index contributed by atoms with van der Waals surface area (Å²) < 4.78 is 13.5. The molecule has 2 aromatic rings. The van der Waals surface area contributed by atoms with Crippen molar-refractivity contribution in [1.82, 2.24) is 9.97 Å². The van der Waals surface area contributed by atoms with Gasteiger partial charge in [-0.05, 0) is 18.6 Å². The SMILES string of the molecule is Cc1[nH]c(=O)nc(SCc2ccccc2F)c1C(=O)O. The fourth-order valence-electron chi connectivity index (χ4n) is 1.68. The van der Waals surface area contributed by atoms with Crippen molar-refractivity contribution in [3.05, 3.63) is 57.4 Å². The number of nitrogens with one attached hydrogen (secondary N) is 1. The van der Waals surface area contributed by atoms with Gasteiger partial charge in [-0.25, -0.2) is 14.0 Å². The molecule has 7 heteroatoms. The number of carboxylic acids is 1. The minimum absolute atomic E-state index is 0.0639. The van der Waals surface area contributed by atoms with Gasteiger partial charge in [0.1, 0.15) is 16.4 Å². The number of aromatic carboxylic acids is 1. The summed E-state index contributed by atoms with van der Waals surface area (Å²) in [5.41, 5.74) is -0.0309. The zero-order chi connectivity index (χ0) is 14.7. The Morgan fingerprint density at radius 1 is 1.45 bits per heavy atom. The quantitative estimate of drug-likeness (QED) is 0.667. The van der Waals surface area contributed by atoms with Crippen molar-refractivity contribution in [2.24, 2.45) is 0 Å². The Morgan fingerprint density at radius 3 is 2.80 bits per heavy atom. The molecule has 0 radical (unpaired) electrons. The molecule has 5 nitrogen and oxygen atoms in total. The Bertz CT molecular complexity index is 715. The molecule has 0 amide bonds. The van der Waals surface area contributed by atoms with Crippen LogP contribution in [-0.2, 0) is 5.75 Å². The highest BCUT2D eigenvalue weighted by Crippen LogP contribution is 2.25. The van der Waals surface area contributed by atoms with E-state index in [9.17, 15) is 14.0 Å². The monoisotopic (exact) mass is 294 g/mol. The van der Waals surface area contributed by atoms with E-state index in [0.29, 0.717) is 5.56 Å². The maximum absolute atomic E-state index is 13.5. The Morgan fingerprint density at radius 2 is 2.15 bits per heavy atom. The Kier molecular flexibility index (Phi) is 4.19. The van der Waals surface area contributed by atoms with E-state index in [1.807, 2.05) is 0 Å². The first-order valence-corrected chi connectivity index (χ1v) is 6.68. The summed E-state index contributed by atoms with van der Waals surface area (Å²) >= 11 is 1.02. The van der Waals surface area contributed by atoms with Gasteiger partial charge in [-0.1, -0.05) is 18.2 Å². The average Bonchev–Trinajstić information content (AvgIpc) is 2.36. The molecule has 0 spiro atoms. The van der Waals surface area contributed by atoms with Crippen molar-refractivity contribution in [3.63, 3.8) is 0 Å². The second-order valence-electron chi connectivity index (χ2n) is 4.03. The molecule has 0 saturated carbocycles. The van der Waals surface area contributed by atoms with Crippen molar-refractivity contribution >= 4 is 17.7 Å². The van der Waals surface area contributed by atoms with Gasteiger partial charge < -0.3 is 10.1 Å². The molecule has 1 aromatic carbocycles. The molecule has 0 unspecified atom stereocenters. The first-order chi connectivity index (χ1) is 9.49. The summed E-state index contributed by atoms with van der Waals surface area (Å²) in [7, 11) is 0. The number of H-pyrrole nitrogens is 1. The van der Waals surface area contributed by atoms with Crippen LogP contribution in [0.2, 0.25) is 0 Å². The van der Waals surface area contributed by atoms with Crippen LogP contribution >= 0.6 is 11.8 Å². The summed E-state index contributed by atoms with van der Waals surface area (Å²) in [5, 5.41) is 9.22. The van der Waals surface area contributed by atoms with Gasteiger partial charge in [0.2, 0.25) is 0 Å². The molecule has 0 aliphatic rings. The minimum Gasteiger partial charge on any atom is -0.478 e. The van der Waals surface area contributed by atoms with Crippen LogP contribution in [-0.4, -0.2) is 21.0 Å². The molecular formula is C13H11FN2O3S. The first kappa shape index (κ1) is 14.3. The third kappa shape index (κ3) is 3.05. The summed E-state index contributed by atoms with van der Waals surface area (Å²) in [6.45, 7) is 1.49. The highest BCUT2D eigenvalue weighted by Gasteiger charge is 2.17. The van der Waals surface area contributed by atoms with Crippen LogP contribution in [0.15, 0.2) is 34.1 Å². The van der Waals surface area contributed by atoms with E-state index in [2.05, 4.69) is 9.97 Å². The number of hydrogen-bond acceptors (Lipinski definition) is 4. The van der Waals surface area contributed by atoms with Gasteiger partial charge >= 0.3 is 11.7 Å². The number of carbonyl (C=O) groups is 1. The second kappa shape index (κ2) is 5.87. The molecule has 2 N–H and O–H groups in total. The van der Waals surface area contributed by atoms with Gasteiger partial charge in [0.15, 0.2) is 0 Å². The molecule has 1 heterocycles. The number of thioether (sulfide) groups is 1. The maximum Gasteiger partial charge on any atom is 0.346 e. The van der Waals surface area contributed by atoms with Crippen LogP contribution in [0.1, 0.15) is 21.6 Å². The molecule has 1 aromatic heterocycles. The molecule has 20 heavy (non-hydrogen) atoms. The van der Waals surface area contributed by atoms with E-state index in [4.69, 9.17) is 5.11 Å². The third-order valence-electron chi connectivity index (χ3n) is 2.62. The van der Waals surface area contributed by atoms with Gasteiger partial charge in [-0.15, -0.1) is 11.8 Å². The van der Waals surface area contributed by atoms with Gasteiger partial charge in [0.05, 0.1) is 0 Å². The largest absolute Gasteiger partial charge is 0.478 e. The minimum atomic E-state index is -1.18. The summed E-state index contributed by atoms with van der Waals surface area (Å²) in [4.78, 5) is 28.5. The number of aromatic amines is 1. The van der Waals surface area contributed by atoms with Gasteiger partial charge in [0, 0.05) is 11.4 Å². The smallest absolute Gasteiger partial charge is 0.346 e. The van der Waals surface area contributed by atoms with Crippen LogP contribution in [0, 0.1) is 12.7 Å². The van der Waals surface area contributed by atoms with E-state index >= 15 is 0 Å². The molecule has 2 rings (SSSR count). The predicted octanol–water partition coefficient (Wildman–Crippen LogP) is 2.21. The molecular weight excluding hydrogens is 283 g/mol. The lowest BCUT2D eigenvalue weighted by atomic mass is 10.2. The second-order valence-corrected chi connectivity index (χ2v) is 5.00. The molecule has 0 aliphatic heterocycles. The van der Waals surface area contributed by atoms with E-state index < -0.39 is 11.7 Å². The van der Waals surface area contributed by atoms with Crippen molar-refractivity contribution < 1.29 is 14.3 Å². The number of carboxylic acid groups (broad SMARTS) is 1. The van der Waals surface area contributed by atoms with Crippen LogP contribution < -0.4 is 5.69 Å². The van der Waals surface area contributed by atoms with Crippen molar-refractivity contribution in [2.75, 3.05) is 0 Å². The van der Waals surface area contributed by atoms with E-state index in [1.54, 1.807) is 18.2 Å². The van der Waals surface area contributed by atoms with Crippen molar-refractivity contribution in [1.29, 1.82) is 0 Å². The normalized spacial score (nSPS) is 10.5. The zero-order valence-electron chi connectivity index (χ0n) is 10.5. The van der Waals surface area contributed by atoms with Crippen LogP contribution in [0.25, 0.3) is 0 Å². The van der Waals surface area contributed by atoms with Gasteiger partial charge in [-0.3, -0.25) is 0 Å². The number of rotatable bonds is 4. The third-order valence-corrected chi connectivity index (χ3v) is 3.65. The van der Waals surface area contributed by atoms with E-state index in [1.165, 1.54) is 13.0 Å². The lowest BCUT2D eigenvalue weighted by Crippen LogP contribution is -2.18. The number of nitrogens with zero attached hydrogens (tertiary/aromatic N) is 1. The lowest BCUT2D eigenvalue weighted by Gasteiger charge is -2.07. The summed E-state index contributed by atoms with van der Waals surface area (Å²) in [5.74, 6) is -1.36. The average molecular weight is 294 g/mol. The fourth-order valence-corrected chi connectivity index (χ4v) is 2.74. The number of benzene rings is 1. The number of aryl methyl sites for hydroxylation is 1. The molecule has 104 valence electrons. The highest BCUT2D eigenvalue weighted by atomic mass is 32.2. The molecule has 0 fully saturated rings. The van der Waals surface area contributed by atoms with E-state index in [-0.39, 0.29) is 27.9 Å². The van der Waals surface area contributed by atoms with Gasteiger partial charge in [0.25, 0.3) is 0 Å². The van der Waals surface area contributed by atoms with Crippen molar-refractivity contribution in [3.8, 4) is 0 Å². The fraction of sp³-hybridized carbons (Fsp3) is 0.154. The number of halogens is 1. The number of aromatic nitrogens is 2. The standard InChI is InChI=1S/C13H11FN2O3S/c1-7-10(12(17)18)11(16-13(19)15-7)20-6-8-4-2-3-5-9(8)14/h2-5H,6H2,1H3,(H,17,18)(H,15,16,19). The van der Waals surface area contributed by atoms with Crippen LogP contribution in [0.5, 0.6) is 0 Å². The maximum atomic E-state index is 13.5. The van der Waals surface area contributed by atoms with Crippen molar-refractivity contribution in [2.45, 2.75) is 17.7 Å². The predicted molar refractivity (Wildman–Crippen MR) is 72.5 cm³/mol.